The van der Waals surface area contributed by atoms with Gasteiger partial charge >= 0.3 is 0 Å². The van der Waals surface area contributed by atoms with Crippen molar-refractivity contribution in [1.82, 2.24) is 0 Å². The molecule has 0 bridgehead atoms. The summed E-state index contributed by atoms with van der Waals surface area (Å²) in [7, 11) is -1.76. The van der Waals surface area contributed by atoms with Gasteiger partial charge in [-0.15, -0.1) is 0 Å². The number of hydrogen-bond donors (Lipinski definition) is 0. The van der Waals surface area contributed by atoms with E-state index < -0.39 is 8.32 Å². The lowest BCUT2D eigenvalue weighted by Crippen LogP contribution is -2.40. The van der Waals surface area contributed by atoms with Crippen molar-refractivity contribution in [1.29, 1.82) is 0 Å². The molecule has 0 N–H and O–H groups in total. The molecule has 0 saturated carbocycles. The van der Waals surface area contributed by atoms with Gasteiger partial charge < -0.3 is 4.43 Å². The molecule has 100 valence electrons. The second-order valence-corrected chi connectivity index (χ2v) is 11.1. The van der Waals surface area contributed by atoms with Crippen LogP contribution in [0.4, 0.5) is 0 Å². The summed E-state index contributed by atoms with van der Waals surface area (Å²) >= 11 is 0. The third-order valence-corrected chi connectivity index (χ3v) is 8.08. The van der Waals surface area contributed by atoms with Gasteiger partial charge in [-0.3, -0.25) is 0 Å². The number of benzene rings is 1. The van der Waals surface area contributed by atoms with Gasteiger partial charge in [-0.2, -0.15) is 0 Å². The van der Waals surface area contributed by atoms with E-state index >= 15 is 0 Å². The maximum atomic E-state index is 6.39. The zero-order valence-corrected chi connectivity index (χ0v) is 13.8. The zero-order valence-electron chi connectivity index (χ0n) is 12.8. The van der Waals surface area contributed by atoms with Gasteiger partial charge in [-0.25, -0.2) is 0 Å². The Hall–Kier alpha value is -1.02. The lowest BCUT2D eigenvalue weighted by molar-refractivity contribution is 0.457. The van der Waals surface area contributed by atoms with Gasteiger partial charge in [0.15, 0.2) is 0 Å². The van der Waals surface area contributed by atoms with Crippen molar-refractivity contribution in [3.8, 4) is 0 Å². The maximum absolute atomic E-state index is 6.39. The average Bonchev–Trinajstić information content (AvgIpc) is 2.24. The van der Waals surface area contributed by atoms with E-state index in [2.05, 4.69) is 71.1 Å². The summed E-state index contributed by atoms with van der Waals surface area (Å²) in [5.74, 6) is 1.02. The highest BCUT2D eigenvalue weighted by Crippen LogP contribution is 2.39. The predicted octanol–water partition coefficient (Wildman–Crippen LogP) is 5.38. The molecule has 0 unspecified atom stereocenters. The Morgan fingerprint density at radius 1 is 1.22 bits per heavy atom. The SMILES string of the molecule is C/C=C(\O[Si](C)(C)C(C)(C)C)c1cccc(C)c1. The molecular weight excluding hydrogens is 236 g/mol. The summed E-state index contributed by atoms with van der Waals surface area (Å²) in [6.07, 6.45) is 2.08. The lowest BCUT2D eigenvalue weighted by atomic mass is 10.1. The molecule has 1 aromatic rings. The van der Waals surface area contributed by atoms with Gasteiger partial charge in [-0.1, -0.05) is 44.5 Å². The Balaban J connectivity index is 3.01. The van der Waals surface area contributed by atoms with Gasteiger partial charge in [0.25, 0.3) is 0 Å². The van der Waals surface area contributed by atoms with Crippen LogP contribution >= 0.6 is 0 Å². The maximum Gasteiger partial charge on any atom is 0.250 e. The molecule has 0 atom stereocenters. The Morgan fingerprint density at radius 2 is 1.83 bits per heavy atom. The summed E-state index contributed by atoms with van der Waals surface area (Å²) in [6, 6.07) is 8.50. The monoisotopic (exact) mass is 262 g/mol. The topological polar surface area (TPSA) is 9.23 Å². The van der Waals surface area contributed by atoms with Crippen LogP contribution < -0.4 is 0 Å². The minimum absolute atomic E-state index is 0.227. The van der Waals surface area contributed by atoms with Crippen molar-refractivity contribution in [3.05, 3.63) is 41.5 Å². The first-order chi connectivity index (χ1) is 8.17. The number of aryl methyl sites for hydroxylation is 1. The number of hydrogen-bond acceptors (Lipinski definition) is 1. The predicted molar refractivity (Wildman–Crippen MR) is 83.1 cm³/mol. The first-order valence-electron chi connectivity index (χ1n) is 6.60. The van der Waals surface area contributed by atoms with E-state index in [4.69, 9.17) is 4.43 Å². The largest absolute Gasteiger partial charge is 0.543 e. The van der Waals surface area contributed by atoms with Gasteiger partial charge in [0.1, 0.15) is 5.76 Å². The molecule has 0 aliphatic carbocycles. The van der Waals surface area contributed by atoms with Crippen LogP contribution in [-0.4, -0.2) is 8.32 Å². The van der Waals surface area contributed by atoms with Gasteiger partial charge in [-0.05, 0) is 44.1 Å². The summed E-state index contributed by atoms with van der Waals surface area (Å²) in [4.78, 5) is 0. The fraction of sp³-hybridized carbons (Fsp3) is 0.500. The quantitative estimate of drug-likeness (QED) is 0.525. The minimum Gasteiger partial charge on any atom is -0.543 e. The van der Waals surface area contributed by atoms with Crippen molar-refractivity contribution in [2.24, 2.45) is 0 Å². The van der Waals surface area contributed by atoms with Crippen LogP contribution in [0.3, 0.4) is 0 Å². The molecule has 0 spiro atoms. The van der Waals surface area contributed by atoms with Gasteiger partial charge in [0.2, 0.25) is 8.32 Å². The highest BCUT2D eigenvalue weighted by atomic mass is 28.4. The molecule has 0 amide bonds. The van der Waals surface area contributed by atoms with E-state index in [0.29, 0.717) is 0 Å². The average molecular weight is 262 g/mol. The fourth-order valence-corrected chi connectivity index (χ4v) is 2.60. The normalized spacial score (nSPS) is 13.6. The van der Waals surface area contributed by atoms with Crippen molar-refractivity contribution in [2.45, 2.75) is 52.8 Å². The molecule has 1 aromatic carbocycles. The fourth-order valence-electron chi connectivity index (χ4n) is 1.51. The van der Waals surface area contributed by atoms with Crippen LogP contribution in [0.25, 0.3) is 5.76 Å². The zero-order chi connectivity index (χ0) is 14.0. The van der Waals surface area contributed by atoms with E-state index in [9.17, 15) is 0 Å². The lowest BCUT2D eigenvalue weighted by Gasteiger charge is -2.37. The Morgan fingerprint density at radius 3 is 2.28 bits per heavy atom. The second kappa shape index (κ2) is 5.31. The van der Waals surface area contributed by atoms with Crippen LogP contribution in [0.5, 0.6) is 0 Å². The molecule has 0 radical (unpaired) electrons. The van der Waals surface area contributed by atoms with Crippen molar-refractivity contribution >= 4 is 14.1 Å². The highest BCUT2D eigenvalue weighted by Gasteiger charge is 2.39. The molecule has 2 heteroatoms. The Labute approximate surface area is 113 Å². The standard InChI is InChI=1S/C16H26OSi/c1-8-15(14-11-9-10-13(2)12-14)17-18(6,7)16(3,4)5/h8-12H,1-7H3/b15-8-. The molecule has 0 aliphatic rings. The van der Waals surface area contributed by atoms with Crippen LogP contribution in [-0.2, 0) is 4.43 Å². The highest BCUT2D eigenvalue weighted by molar-refractivity contribution is 6.74. The summed E-state index contributed by atoms with van der Waals surface area (Å²) in [5.41, 5.74) is 2.45. The van der Waals surface area contributed by atoms with Gasteiger partial charge in [0, 0.05) is 5.56 Å². The minimum atomic E-state index is -1.76. The van der Waals surface area contributed by atoms with Crippen molar-refractivity contribution in [2.75, 3.05) is 0 Å². The van der Waals surface area contributed by atoms with Crippen LogP contribution in [0.15, 0.2) is 30.3 Å². The van der Waals surface area contributed by atoms with E-state index in [-0.39, 0.29) is 5.04 Å². The Bertz CT molecular complexity index is 439. The molecule has 0 saturated heterocycles. The number of allylic oxidation sites excluding steroid dienone is 1. The molecule has 1 rings (SSSR count). The number of rotatable bonds is 3. The summed E-state index contributed by atoms with van der Waals surface area (Å²) in [6.45, 7) is 15.5. The Kier molecular flexibility index (Phi) is 4.44. The van der Waals surface area contributed by atoms with E-state index in [1.807, 2.05) is 6.92 Å². The molecule has 18 heavy (non-hydrogen) atoms. The van der Waals surface area contributed by atoms with Gasteiger partial charge in [0.05, 0.1) is 0 Å². The summed E-state index contributed by atoms with van der Waals surface area (Å²) in [5, 5.41) is 0.227. The van der Waals surface area contributed by atoms with E-state index in [1.54, 1.807) is 0 Å². The first-order valence-corrected chi connectivity index (χ1v) is 9.50. The van der Waals surface area contributed by atoms with Crippen LogP contribution in [0.2, 0.25) is 18.1 Å². The van der Waals surface area contributed by atoms with E-state index in [1.165, 1.54) is 11.1 Å². The smallest absolute Gasteiger partial charge is 0.250 e. The molecule has 0 fully saturated rings. The van der Waals surface area contributed by atoms with Crippen LogP contribution in [0, 0.1) is 6.92 Å². The third kappa shape index (κ3) is 3.48. The summed E-state index contributed by atoms with van der Waals surface area (Å²) < 4.78 is 6.39. The second-order valence-electron chi connectivity index (χ2n) is 6.38. The first kappa shape index (κ1) is 15.0. The molecular formula is C16H26OSi. The van der Waals surface area contributed by atoms with E-state index in [0.717, 1.165) is 5.76 Å². The molecule has 1 nitrogen and oxygen atoms in total. The van der Waals surface area contributed by atoms with Crippen molar-refractivity contribution < 1.29 is 4.43 Å². The van der Waals surface area contributed by atoms with Crippen molar-refractivity contribution in [3.63, 3.8) is 0 Å². The molecule has 0 heterocycles. The molecule has 0 aromatic heterocycles. The third-order valence-electron chi connectivity index (χ3n) is 3.74. The van der Waals surface area contributed by atoms with Crippen LogP contribution in [0.1, 0.15) is 38.8 Å². The molecule has 0 aliphatic heterocycles.